The topological polar surface area (TPSA) is 49.7 Å². The van der Waals surface area contributed by atoms with Gasteiger partial charge in [0, 0.05) is 6.21 Å². The molecule has 0 radical (unpaired) electrons. The highest BCUT2D eigenvalue weighted by atomic mass is 79.9. The molecule has 1 aliphatic rings. The highest BCUT2D eigenvalue weighted by molar-refractivity contribution is 9.10. The summed E-state index contributed by atoms with van der Waals surface area (Å²) in [6.07, 6.45) is 2.80. The molecule has 0 aromatic heterocycles. The molecule has 1 aromatic carbocycles. The maximum absolute atomic E-state index is 13.8. The molecule has 1 fully saturated rings. The molecule has 1 saturated carbocycles. The number of hydrogen-bond donors (Lipinski definition) is 1. The van der Waals surface area contributed by atoms with Crippen molar-refractivity contribution in [3.63, 3.8) is 0 Å². The molecule has 1 aromatic rings. The Morgan fingerprint density at radius 1 is 1.38 bits per heavy atom. The fraction of sp³-hybridized carbons (Fsp3) is 0.286. The van der Waals surface area contributed by atoms with Crippen molar-refractivity contribution in [2.75, 3.05) is 0 Å². The van der Waals surface area contributed by atoms with Gasteiger partial charge in [0.1, 0.15) is 11.6 Å². The Labute approximate surface area is 127 Å². The lowest BCUT2D eigenvalue weighted by Crippen LogP contribution is -2.07. The second-order valence-electron chi connectivity index (χ2n) is 4.67. The van der Waals surface area contributed by atoms with E-state index in [4.69, 9.17) is 0 Å². The van der Waals surface area contributed by atoms with Crippen LogP contribution in [0.25, 0.3) is 5.76 Å². The van der Waals surface area contributed by atoms with Crippen LogP contribution in [-0.4, -0.2) is 23.1 Å². The van der Waals surface area contributed by atoms with E-state index in [0.29, 0.717) is 6.07 Å². The first-order chi connectivity index (χ1) is 9.82. The maximum atomic E-state index is 13.8. The van der Waals surface area contributed by atoms with Crippen LogP contribution in [0.2, 0.25) is 0 Å². The van der Waals surface area contributed by atoms with Crippen LogP contribution in [0.4, 0.5) is 13.2 Å². The normalized spacial score (nSPS) is 16.2. The fourth-order valence-corrected chi connectivity index (χ4v) is 2.02. The van der Waals surface area contributed by atoms with Gasteiger partial charge in [-0.2, -0.15) is 0 Å². The molecule has 21 heavy (non-hydrogen) atoms. The van der Waals surface area contributed by atoms with Crippen LogP contribution in [0.1, 0.15) is 25.3 Å². The largest absolute Gasteiger partial charge is 0.506 e. The minimum atomic E-state index is -1.57. The first-order valence-corrected chi connectivity index (χ1v) is 6.93. The van der Waals surface area contributed by atoms with Gasteiger partial charge >= 0.3 is 0 Å². The maximum Gasteiger partial charge on any atom is 0.173 e. The van der Waals surface area contributed by atoms with E-state index in [2.05, 4.69) is 20.9 Å². The molecule has 1 aliphatic carbocycles. The van der Waals surface area contributed by atoms with Crippen molar-refractivity contribution in [3.05, 3.63) is 39.1 Å². The van der Waals surface area contributed by atoms with Crippen molar-refractivity contribution >= 4 is 33.7 Å². The van der Waals surface area contributed by atoms with E-state index in [1.54, 1.807) is 0 Å². The Morgan fingerprint density at radius 2 is 2.00 bits per heavy atom. The molecule has 0 amide bonds. The molecule has 0 atom stereocenters. The van der Waals surface area contributed by atoms with E-state index >= 15 is 0 Å². The van der Waals surface area contributed by atoms with Crippen molar-refractivity contribution in [2.45, 2.75) is 25.8 Å². The van der Waals surface area contributed by atoms with Crippen LogP contribution in [0.3, 0.4) is 0 Å². The van der Waals surface area contributed by atoms with Crippen molar-refractivity contribution in [1.29, 1.82) is 0 Å². The minimum absolute atomic E-state index is 0.0588. The molecule has 0 saturated heterocycles. The van der Waals surface area contributed by atoms with Crippen molar-refractivity contribution in [3.8, 4) is 0 Å². The lowest BCUT2D eigenvalue weighted by molar-refractivity contribution is -0.113. The van der Waals surface area contributed by atoms with Gasteiger partial charge in [0.05, 0.1) is 21.7 Å². The van der Waals surface area contributed by atoms with Gasteiger partial charge in [-0.15, -0.1) is 0 Å². The number of aliphatic hydroxyl groups excluding tert-OH is 1. The summed E-state index contributed by atoms with van der Waals surface area (Å²) >= 11 is 2.66. The van der Waals surface area contributed by atoms with E-state index in [1.807, 2.05) is 0 Å². The average molecular weight is 362 g/mol. The highest BCUT2D eigenvalue weighted by Gasteiger charge is 2.25. The Hall–Kier alpha value is -1.63. The number of ketones is 1. The van der Waals surface area contributed by atoms with Crippen molar-refractivity contribution in [1.82, 2.24) is 0 Å². The van der Waals surface area contributed by atoms with E-state index in [1.165, 1.54) is 0 Å². The number of Topliss-reactive ketones (excluding diaryl/α,β-unsaturated/α-hetero) is 1. The summed E-state index contributed by atoms with van der Waals surface area (Å²) in [6, 6.07) is 0.739. The van der Waals surface area contributed by atoms with Crippen LogP contribution in [0.15, 0.2) is 21.1 Å². The summed E-state index contributed by atoms with van der Waals surface area (Å²) in [5, 5.41) is 9.97. The van der Waals surface area contributed by atoms with Gasteiger partial charge in [-0.3, -0.25) is 9.79 Å². The smallest absolute Gasteiger partial charge is 0.173 e. The van der Waals surface area contributed by atoms with Crippen molar-refractivity contribution < 1.29 is 23.1 Å². The highest BCUT2D eigenvalue weighted by Crippen LogP contribution is 2.30. The van der Waals surface area contributed by atoms with Gasteiger partial charge in [-0.1, -0.05) is 0 Å². The molecular weight excluding hydrogens is 351 g/mol. The third-order valence-corrected chi connectivity index (χ3v) is 3.52. The number of aliphatic hydroxyl groups is 1. The summed E-state index contributed by atoms with van der Waals surface area (Å²) in [5.74, 6) is -5.69. The summed E-state index contributed by atoms with van der Waals surface area (Å²) < 4.78 is 40.7. The zero-order valence-electron chi connectivity index (χ0n) is 11.0. The monoisotopic (exact) mass is 361 g/mol. The average Bonchev–Trinajstić information content (AvgIpc) is 3.20. The van der Waals surface area contributed by atoms with E-state index in [9.17, 15) is 23.1 Å². The standard InChI is InChI=1S/C14H11BrF3NO2/c1-6(20)8(5-19-7-2-3-7)14(21)11-10(16)4-9(15)12(17)13(11)18/h4-5,7,21H,2-3H2,1H3. The third kappa shape index (κ3) is 3.34. The predicted octanol–water partition coefficient (Wildman–Crippen LogP) is 3.96. The number of hydrogen-bond acceptors (Lipinski definition) is 3. The molecule has 0 aliphatic heterocycles. The second kappa shape index (κ2) is 6.01. The zero-order valence-corrected chi connectivity index (χ0v) is 12.5. The number of carbonyl (C=O) groups excluding carboxylic acids is 1. The van der Waals surface area contributed by atoms with E-state index in [-0.39, 0.29) is 11.6 Å². The lowest BCUT2D eigenvalue weighted by Gasteiger charge is -2.09. The summed E-state index contributed by atoms with van der Waals surface area (Å²) in [5.41, 5.74) is -1.34. The molecule has 0 spiro atoms. The number of benzene rings is 1. The number of halogens is 4. The van der Waals surface area contributed by atoms with Gasteiger partial charge < -0.3 is 5.11 Å². The van der Waals surface area contributed by atoms with Gasteiger partial charge in [0.2, 0.25) is 0 Å². The van der Waals surface area contributed by atoms with Crippen LogP contribution in [-0.2, 0) is 4.79 Å². The SMILES string of the molecule is CC(=O)C(C=NC1CC1)=C(O)c1c(F)cc(Br)c(F)c1F. The molecule has 0 bridgehead atoms. The minimum Gasteiger partial charge on any atom is -0.506 e. The molecular formula is C14H11BrF3NO2. The Balaban J connectivity index is 2.58. The number of aliphatic imine (C=N–C) groups is 1. The second-order valence-corrected chi connectivity index (χ2v) is 5.53. The summed E-state index contributed by atoms with van der Waals surface area (Å²) in [6.45, 7) is 1.12. The van der Waals surface area contributed by atoms with E-state index in [0.717, 1.165) is 26.0 Å². The van der Waals surface area contributed by atoms with Crippen LogP contribution >= 0.6 is 15.9 Å². The molecule has 0 heterocycles. The molecule has 1 N–H and O–H groups in total. The number of carbonyl (C=O) groups is 1. The molecule has 0 unspecified atom stereocenters. The van der Waals surface area contributed by atoms with Gasteiger partial charge in [0.25, 0.3) is 0 Å². The zero-order chi connectivity index (χ0) is 15.7. The third-order valence-electron chi connectivity index (χ3n) is 2.95. The quantitative estimate of drug-likeness (QED) is 0.290. The first-order valence-electron chi connectivity index (χ1n) is 6.13. The lowest BCUT2D eigenvalue weighted by atomic mass is 10.0. The Kier molecular flexibility index (Phi) is 4.51. The van der Waals surface area contributed by atoms with Crippen LogP contribution in [0, 0.1) is 17.5 Å². The van der Waals surface area contributed by atoms with Crippen molar-refractivity contribution in [2.24, 2.45) is 4.99 Å². The fourth-order valence-electron chi connectivity index (χ4n) is 1.64. The van der Waals surface area contributed by atoms with Gasteiger partial charge in [-0.05, 0) is 41.8 Å². The summed E-state index contributed by atoms with van der Waals surface area (Å²) in [4.78, 5) is 15.5. The van der Waals surface area contributed by atoms with Gasteiger partial charge in [0.15, 0.2) is 17.4 Å². The molecule has 7 heteroatoms. The number of allylic oxidation sites excluding steroid dienone is 1. The van der Waals surface area contributed by atoms with Gasteiger partial charge in [-0.25, -0.2) is 13.2 Å². The predicted molar refractivity (Wildman–Crippen MR) is 75.8 cm³/mol. The van der Waals surface area contributed by atoms with Crippen LogP contribution in [0.5, 0.6) is 0 Å². The molecule has 3 nitrogen and oxygen atoms in total. The first kappa shape index (κ1) is 15.8. The molecule has 2 rings (SSSR count). The van der Waals surface area contributed by atoms with E-state index < -0.39 is 39.0 Å². The van der Waals surface area contributed by atoms with Crippen LogP contribution < -0.4 is 0 Å². The summed E-state index contributed by atoms with van der Waals surface area (Å²) in [7, 11) is 0. The Bertz CT molecular complexity index is 667. The molecule has 112 valence electrons. The number of rotatable bonds is 4. The Morgan fingerprint density at radius 3 is 2.52 bits per heavy atom. The number of nitrogens with zero attached hydrogens (tertiary/aromatic N) is 1.